The zero-order valence-electron chi connectivity index (χ0n) is 15.4. The number of aromatic nitrogens is 3. The molecule has 0 aliphatic carbocycles. The summed E-state index contributed by atoms with van der Waals surface area (Å²) >= 11 is 0. The summed E-state index contributed by atoms with van der Waals surface area (Å²) in [5.41, 5.74) is 3.35. The van der Waals surface area contributed by atoms with Gasteiger partial charge in [0.25, 0.3) is 0 Å². The van der Waals surface area contributed by atoms with Crippen molar-refractivity contribution in [1.82, 2.24) is 24.6 Å². The summed E-state index contributed by atoms with van der Waals surface area (Å²) in [5, 5.41) is 4.43. The van der Waals surface area contributed by atoms with Gasteiger partial charge in [0.15, 0.2) is 0 Å². The SMILES string of the molecule is CC(=O)N(Cc1cccnc1)C1CCCN(Cc2cc(C)nn2C)C1. The molecule has 0 radical (unpaired) electrons. The first-order chi connectivity index (χ1) is 12.0. The number of rotatable bonds is 5. The first-order valence-electron chi connectivity index (χ1n) is 8.91. The quantitative estimate of drug-likeness (QED) is 0.836. The largest absolute Gasteiger partial charge is 0.334 e. The molecule has 134 valence electrons. The number of pyridine rings is 1. The van der Waals surface area contributed by atoms with Crippen LogP contribution < -0.4 is 0 Å². The fourth-order valence-corrected chi connectivity index (χ4v) is 3.66. The van der Waals surface area contributed by atoms with Gasteiger partial charge in [-0.1, -0.05) is 6.07 Å². The Balaban J connectivity index is 1.67. The number of hydrogen-bond donors (Lipinski definition) is 0. The highest BCUT2D eigenvalue weighted by Gasteiger charge is 2.27. The Morgan fingerprint density at radius 2 is 2.28 bits per heavy atom. The van der Waals surface area contributed by atoms with Gasteiger partial charge in [-0.25, -0.2) is 0 Å². The van der Waals surface area contributed by atoms with E-state index in [9.17, 15) is 4.79 Å². The third-order valence-electron chi connectivity index (χ3n) is 4.89. The maximum absolute atomic E-state index is 12.2. The molecule has 0 bridgehead atoms. The molecule has 6 heteroatoms. The summed E-state index contributed by atoms with van der Waals surface area (Å²) in [6, 6.07) is 6.34. The molecule has 1 unspecified atom stereocenters. The molecule has 2 aromatic rings. The smallest absolute Gasteiger partial charge is 0.220 e. The Hall–Kier alpha value is -2.21. The van der Waals surface area contributed by atoms with Crippen molar-refractivity contribution in [2.45, 2.75) is 45.8 Å². The zero-order chi connectivity index (χ0) is 17.8. The van der Waals surface area contributed by atoms with Gasteiger partial charge in [-0.05, 0) is 44.0 Å². The van der Waals surface area contributed by atoms with Crippen LogP contribution >= 0.6 is 0 Å². The van der Waals surface area contributed by atoms with E-state index >= 15 is 0 Å². The van der Waals surface area contributed by atoms with Crippen molar-refractivity contribution >= 4 is 5.91 Å². The van der Waals surface area contributed by atoms with E-state index in [-0.39, 0.29) is 11.9 Å². The number of likely N-dealkylation sites (tertiary alicyclic amines) is 1. The molecule has 0 saturated carbocycles. The van der Waals surface area contributed by atoms with E-state index in [1.165, 1.54) is 5.69 Å². The van der Waals surface area contributed by atoms with Crippen LogP contribution in [0.1, 0.15) is 36.7 Å². The van der Waals surface area contributed by atoms with Crippen LogP contribution in [0.3, 0.4) is 0 Å². The van der Waals surface area contributed by atoms with Crippen LogP contribution in [0.15, 0.2) is 30.6 Å². The minimum absolute atomic E-state index is 0.132. The van der Waals surface area contributed by atoms with Crippen molar-refractivity contribution in [2.24, 2.45) is 7.05 Å². The minimum atomic E-state index is 0.132. The van der Waals surface area contributed by atoms with Crippen molar-refractivity contribution in [2.75, 3.05) is 13.1 Å². The highest BCUT2D eigenvalue weighted by atomic mass is 16.2. The third kappa shape index (κ3) is 4.45. The molecule has 1 aliphatic rings. The Morgan fingerprint density at radius 3 is 2.92 bits per heavy atom. The molecule has 1 atom stereocenters. The standard InChI is InChI=1S/C19H27N5O/c1-15-10-19(22(3)21-15)14-23-9-5-7-18(13-23)24(16(2)25)12-17-6-4-8-20-11-17/h4,6,8,10-11,18H,5,7,9,12-14H2,1-3H3. The van der Waals surface area contributed by atoms with Crippen LogP contribution in [0.25, 0.3) is 0 Å². The Morgan fingerprint density at radius 1 is 1.44 bits per heavy atom. The average molecular weight is 341 g/mol. The number of aryl methyl sites for hydroxylation is 2. The number of amides is 1. The number of piperidine rings is 1. The molecule has 0 aromatic carbocycles. The van der Waals surface area contributed by atoms with Gasteiger partial charge in [-0.3, -0.25) is 19.4 Å². The van der Waals surface area contributed by atoms with Crippen molar-refractivity contribution in [1.29, 1.82) is 0 Å². The first kappa shape index (κ1) is 17.6. The fraction of sp³-hybridized carbons (Fsp3) is 0.526. The maximum atomic E-state index is 12.2. The molecule has 1 amide bonds. The van der Waals surface area contributed by atoms with Gasteiger partial charge in [0.1, 0.15) is 0 Å². The predicted molar refractivity (Wildman–Crippen MR) is 96.7 cm³/mol. The van der Waals surface area contributed by atoms with Gasteiger partial charge < -0.3 is 4.90 Å². The summed E-state index contributed by atoms with van der Waals surface area (Å²) in [7, 11) is 1.99. The first-order valence-corrected chi connectivity index (χ1v) is 8.91. The van der Waals surface area contributed by atoms with E-state index in [2.05, 4.69) is 21.0 Å². The zero-order valence-corrected chi connectivity index (χ0v) is 15.4. The van der Waals surface area contributed by atoms with Crippen LogP contribution in [0.5, 0.6) is 0 Å². The normalized spacial score (nSPS) is 18.3. The second kappa shape index (κ2) is 7.78. The Kier molecular flexibility index (Phi) is 5.48. The van der Waals surface area contributed by atoms with E-state index in [1.54, 1.807) is 13.1 Å². The van der Waals surface area contributed by atoms with Crippen molar-refractivity contribution in [3.63, 3.8) is 0 Å². The second-order valence-electron chi connectivity index (χ2n) is 6.94. The number of carbonyl (C=O) groups is 1. The van der Waals surface area contributed by atoms with Crippen molar-refractivity contribution in [3.05, 3.63) is 47.5 Å². The van der Waals surface area contributed by atoms with Gasteiger partial charge in [0, 0.05) is 52.0 Å². The lowest BCUT2D eigenvalue weighted by Crippen LogP contribution is -2.49. The van der Waals surface area contributed by atoms with Crippen LogP contribution in [-0.2, 0) is 24.9 Å². The molecule has 1 aliphatic heterocycles. The van der Waals surface area contributed by atoms with E-state index in [4.69, 9.17) is 0 Å². The van der Waals surface area contributed by atoms with Gasteiger partial charge >= 0.3 is 0 Å². The Bertz CT molecular complexity index is 712. The molecule has 2 aromatic heterocycles. The highest BCUT2D eigenvalue weighted by Crippen LogP contribution is 2.20. The van der Waals surface area contributed by atoms with Gasteiger partial charge in [-0.15, -0.1) is 0 Å². The average Bonchev–Trinajstić information content (AvgIpc) is 2.91. The summed E-state index contributed by atoms with van der Waals surface area (Å²) < 4.78 is 1.96. The van der Waals surface area contributed by atoms with Crippen LogP contribution in [0, 0.1) is 6.92 Å². The minimum Gasteiger partial charge on any atom is -0.334 e. The Labute approximate surface area is 149 Å². The van der Waals surface area contributed by atoms with E-state index in [0.717, 1.165) is 43.7 Å². The lowest BCUT2D eigenvalue weighted by atomic mass is 10.0. The highest BCUT2D eigenvalue weighted by molar-refractivity contribution is 5.73. The monoisotopic (exact) mass is 341 g/mol. The summed E-state index contributed by atoms with van der Waals surface area (Å²) in [4.78, 5) is 20.8. The summed E-state index contributed by atoms with van der Waals surface area (Å²) in [6.45, 7) is 7.18. The molecular formula is C19H27N5O. The lowest BCUT2D eigenvalue weighted by Gasteiger charge is -2.39. The van der Waals surface area contributed by atoms with E-state index < -0.39 is 0 Å². The van der Waals surface area contributed by atoms with Gasteiger partial charge in [0.2, 0.25) is 5.91 Å². The molecule has 3 heterocycles. The van der Waals surface area contributed by atoms with Crippen LogP contribution in [0.2, 0.25) is 0 Å². The predicted octanol–water partition coefficient (Wildman–Crippen LogP) is 2.14. The molecule has 0 spiro atoms. The summed E-state index contributed by atoms with van der Waals surface area (Å²) in [6.07, 6.45) is 5.77. The fourth-order valence-electron chi connectivity index (χ4n) is 3.66. The second-order valence-corrected chi connectivity index (χ2v) is 6.94. The van der Waals surface area contributed by atoms with Crippen LogP contribution in [0.4, 0.5) is 0 Å². The molecular weight excluding hydrogens is 314 g/mol. The number of carbonyl (C=O) groups excluding carboxylic acids is 1. The van der Waals surface area contributed by atoms with E-state index in [1.807, 2.05) is 41.9 Å². The third-order valence-corrected chi connectivity index (χ3v) is 4.89. The molecule has 3 rings (SSSR count). The number of nitrogens with zero attached hydrogens (tertiary/aromatic N) is 5. The van der Waals surface area contributed by atoms with Crippen molar-refractivity contribution in [3.8, 4) is 0 Å². The van der Waals surface area contributed by atoms with Gasteiger partial charge in [-0.2, -0.15) is 5.10 Å². The van der Waals surface area contributed by atoms with Crippen molar-refractivity contribution < 1.29 is 4.79 Å². The topological polar surface area (TPSA) is 54.3 Å². The maximum Gasteiger partial charge on any atom is 0.220 e. The molecule has 0 N–H and O–H groups in total. The lowest BCUT2D eigenvalue weighted by molar-refractivity contribution is -0.133. The molecule has 1 fully saturated rings. The molecule has 25 heavy (non-hydrogen) atoms. The number of hydrogen-bond acceptors (Lipinski definition) is 4. The molecule has 6 nitrogen and oxygen atoms in total. The van der Waals surface area contributed by atoms with Gasteiger partial charge in [0.05, 0.1) is 11.4 Å². The molecule has 1 saturated heterocycles. The van der Waals surface area contributed by atoms with Crippen LogP contribution in [-0.4, -0.2) is 49.6 Å². The summed E-state index contributed by atoms with van der Waals surface area (Å²) in [5.74, 6) is 0.132. The van der Waals surface area contributed by atoms with E-state index in [0.29, 0.717) is 6.54 Å².